The van der Waals surface area contributed by atoms with E-state index in [2.05, 4.69) is 22.4 Å². The second-order valence-corrected chi connectivity index (χ2v) is 4.92. The number of H-pyrrole nitrogens is 1. The third-order valence-corrected chi connectivity index (χ3v) is 3.47. The normalized spacial score (nSPS) is 11.1. The van der Waals surface area contributed by atoms with Crippen molar-refractivity contribution in [2.75, 3.05) is 6.54 Å². The highest BCUT2D eigenvalue weighted by atomic mass is 19.1. The zero-order chi connectivity index (χ0) is 13.8. The Labute approximate surface area is 117 Å². The Morgan fingerprint density at radius 1 is 1.05 bits per heavy atom. The predicted molar refractivity (Wildman–Crippen MR) is 80.1 cm³/mol. The van der Waals surface area contributed by atoms with Gasteiger partial charge in [-0.3, -0.25) is 0 Å². The maximum Gasteiger partial charge on any atom is 0.123 e. The molecule has 2 aromatic carbocycles. The van der Waals surface area contributed by atoms with Crippen LogP contribution in [0.5, 0.6) is 0 Å². The maximum absolute atomic E-state index is 13.3. The fourth-order valence-electron chi connectivity index (χ4n) is 2.41. The van der Waals surface area contributed by atoms with Crippen molar-refractivity contribution in [3.05, 3.63) is 71.7 Å². The molecule has 2 N–H and O–H groups in total. The molecule has 2 nitrogen and oxygen atoms in total. The van der Waals surface area contributed by atoms with Crippen LogP contribution in [0, 0.1) is 5.82 Å². The van der Waals surface area contributed by atoms with E-state index in [1.54, 1.807) is 12.1 Å². The molecule has 0 radical (unpaired) electrons. The van der Waals surface area contributed by atoms with Gasteiger partial charge in [0, 0.05) is 23.6 Å². The van der Waals surface area contributed by atoms with Crippen molar-refractivity contribution in [3.8, 4) is 0 Å². The van der Waals surface area contributed by atoms with Crippen LogP contribution in [0.15, 0.2) is 54.7 Å². The Balaban J connectivity index is 1.59. The second kappa shape index (κ2) is 5.88. The highest BCUT2D eigenvalue weighted by Crippen LogP contribution is 2.19. The predicted octanol–water partition coefficient (Wildman–Crippen LogP) is 3.64. The fraction of sp³-hybridized carbons (Fsp3) is 0.176. The lowest BCUT2D eigenvalue weighted by Gasteiger charge is -2.04. The van der Waals surface area contributed by atoms with E-state index in [0.29, 0.717) is 0 Å². The number of aromatic nitrogens is 1. The van der Waals surface area contributed by atoms with E-state index in [0.717, 1.165) is 36.0 Å². The summed E-state index contributed by atoms with van der Waals surface area (Å²) in [5, 5.41) is 4.39. The topological polar surface area (TPSA) is 27.8 Å². The van der Waals surface area contributed by atoms with Gasteiger partial charge in [0.25, 0.3) is 0 Å². The molecular formula is C17H17FN2. The lowest BCUT2D eigenvalue weighted by Crippen LogP contribution is -2.16. The van der Waals surface area contributed by atoms with E-state index >= 15 is 0 Å². The van der Waals surface area contributed by atoms with Crippen molar-refractivity contribution < 1.29 is 4.39 Å². The molecule has 0 fully saturated rings. The Morgan fingerprint density at radius 2 is 1.90 bits per heavy atom. The number of fused-ring (bicyclic) bond motifs is 1. The Bertz CT molecular complexity index is 689. The van der Waals surface area contributed by atoms with E-state index in [1.807, 2.05) is 24.4 Å². The van der Waals surface area contributed by atoms with Crippen LogP contribution in [0.2, 0.25) is 0 Å². The van der Waals surface area contributed by atoms with E-state index in [4.69, 9.17) is 0 Å². The summed E-state index contributed by atoms with van der Waals surface area (Å²) in [4.78, 5) is 3.18. The lowest BCUT2D eigenvalue weighted by atomic mass is 10.1. The molecule has 0 bridgehead atoms. The zero-order valence-corrected chi connectivity index (χ0v) is 11.2. The highest BCUT2D eigenvalue weighted by molar-refractivity contribution is 5.83. The Morgan fingerprint density at radius 3 is 2.75 bits per heavy atom. The molecule has 1 heterocycles. The van der Waals surface area contributed by atoms with Gasteiger partial charge in [-0.1, -0.05) is 30.3 Å². The number of benzene rings is 2. The summed E-state index contributed by atoms with van der Waals surface area (Å²) in [6.45, 7) is 1.73. The smallest absolute Gasteiger partial charge is 0.123 e. The van der Waals surface area contributed by atoms with Gasteiger partial charge in [0.1, 0.15) is 5.82 Å². The number of rotatable bonds is 5. The summed E-state index contributed by atoms with van der Waals surface area (Å²) in [5.41, 5.74) is 3.42. The van der Waals surface area contributed by atoms with Gasteiger partial charge in [0.05, 0.1) is 0 Å². The Kier molecular flexibility index (Phi) is 3.79. The van der Waals surface area contributed by atoms with Gasteiger partial charge in [-0.05, 0) is 42.3 Å². The molecule has 0 aliphatic rings. The summed E-state index contributed by atoms with van der Waals surface area (Å²) in [7, 11) is 0. The molecule has 0 aliphatic carbocycles. The van der Waals surface area contributed by atoms with Crippen LogP contribution in [0.4, 0.5) is 4.39 Å². The molecule has 0 unspecified atom stereocenters. The number of aromatic amines is 1. The zero-order valence-electron chi connectivity index (χ0n) is 11.2. The van der Waals surface area contributed by atoms with Crippen molar-refractivity contribution >= 4 is 10.9 Å². The molecule has 0 atom stereocenters. The lowest BCUT2D eigenvalue weighted by molar-refractivity contribution is 0.629. The summed E-state index contributed by atoms with van der Waals surface area (Å²) in [6.07, 6.45) is 2.85. The van der Waals surface area contributed by atoms with Crippen LogP contribution in [0.1, 0.15) is 11.1 Å². The van der Waals surface area contributed by atoms with Crippen molar-refractivity contribution in [1.29, 1.82) is 0 Å². The van der Waals surface area contributed by atoms with Gasteiger partial charge < -0.3 is 10.3 Å². The molecule has 0 aliphatic heterocycles. The average molecular weight is 268 g/mol. The first kappa shape index (κ1) is 12.9. The van der Waals surface area contributed by atoms with Crippen LogP contribution < -0.4 is 5.32 Å². The first-order valence-corrected chi connectivity index (χ1v) is 6.83. The third-order valence-electron chi connectivity index (χ3n) is 3.47. The highest BCUT2D eigenvalue weighted by Gasteiger charge is 2.04. The molecule has 1 aromatic heterocycles. The summed E-state index contributed by atoms with van der Waals surface area (Å²) < 4.78 is 13.3. The first-order valence-electron chi connectivity index (χ1n) is 6.83. The van der Waals surface area contributed by atoms with Gasteiger partial charge in [0.15, 0.2) is 0 Å². The van der Waals surface area contributed by atoms with E-state index in [9.17, 15) is 4.39 Å². The van der Waals surface area contributed by atoms with Gasteiger partial charge >= 0.3 is 0 Å². The third kappa shape index (κ3) is 2.89. The van der Waals surface area contributed by atoms with Crippen LogP contribution in [-0.2, 0) is 13.0 Å². The van der Waals surface area contributed by atoms with Gasteiger partial charge in [0.2, 0.25) is 0 Å². The van der Waals surface area contributed by atoms with Gasteiger partial charge in [-0.25, -0.2) is 4.39 Å². The first-order chi connectivity index (χ1) is 9.83. The molecule has 0 spiro atoms. The maximum atomic E-state index is 13.3. The fourth-order valence-corrected chi connectivity index (χ4v) is 2.41. The molecule has 3 aromatic rings. The number of halogens is 1. The molecule has 0 saturated carbocycles. The van der Waals surface area contributed by atoms with E-state index < -0.39 is 0 Å². The largest absolute Gasteiger partial charge is 0.361 e. The number of nitrogens with one attached hydrogen (secondary N) is 2. The standard InChI is InChI=1S/C17H17FN2/c18-15-6-7-17-16(10-15)14(12-20-17)8-9-19-11-13-4-2-1-3-5-13/h1-7,10,12,19-20H,8-9,11H2. The molecule has 102 valence electrons. The monoisotopic (exact) mass is 268 g/mol. The molecule has 20 heavy (non-hydrogen) atoms. The Hall–Kier alpha value is -2.13. The molecular weight excluding hydrogens is 251 g/mol. The molecule has 0 amide bonds. The quantitative estimate of drug-likeness (QED) is 0.679. The van der Waals surface area contributed by atoms with Gasteiger partial charge in [-0.15, -0.1) is 0 Å². The van der Waals surface area contributed by atoms with Crippen LogP contribution in [0.25, 0.3) is 10.9 Å². The van der Waals surface area contributed by atoms with Gasteiger partial charge in [-0.2, -0.15) is 0 Å². The molecule has 3 rings (SSSR count). The number of hydrogen-bond acceptors (Lipinski definition) is 1. The van der Waals surface area contributed by atoms with Crippen molar-refractivity contribution in [1.82, 2.24) is 10.3 Å². The minimum absolute atomic E-state index is 0.185. The molecule has 3 heteroatoms. The van der Waals surface area contributed by atoms with E-state index in [-0.39, 0.29) is 5.82 Å². The minimum atomic E-state index is -0.185. The van der Waals surface area contributed by atoms with E-state index in [1.165, 1.54) is 11.6 Å². The molecule has 0 saturated heterocycles. The van der Waals surface area contributed by atoms with Crippen LogP contribution in [0.3, 0.4) is 0 Å². The minimum Gasteiger partial charge on any atom is -0.361 e. The van der Waals surface area contributed by atoms with Crippen molar-refractivity contribution in [2.24, 2.45) is 0 Å². The second-order valence-electron chi connectivity index (χ2n) is 4.92. The summed E-state index contributed by atoms with van der Waals surface area (Å²) in [5.74, 6) is -0.185. The summed E-state index contributed by atoms with van der Waals surface area (Å²) in [6, 6.07) is 15.2. The SMILES string of the molecule is Fc1ccc2[nH]cc(CCNCc3ccccc3)c2c1. The van der Waals surface area contributed by atoms with Crippen LogP contribution in [-0.4, -0.2) is 11.5 Å². The number of hydrogen-bond donors (Lipinski definition) is 2. The van der Waals surface area contributed by atoms with Crippen LogP contribution >= 0.6 is 0 Å². The summed E-state index contributed by atoms with van der Waals surface area (Å²) >= 11 is 0. The van der Waals surface area contributed by atoms with Crippen molar-refractivity contribution in [3.63, 3.8) is 0 Å². The average Bonchev–Trinajstić information content (AvgIpc) is 2.87. The van der Waals surface area contributed by atoms with Crippen molar-refractivity contribution in [2.45, 2.75) is 13.0 Å².